The summed E-state index contributed by atoms with van der Waals surface area (Å²) in [5, 5.41) is 2.47. The van der Waals surface area contributed by atoms with Crippen LogP contribution in [0.5, 0.6) is 5.75 Å². The van der Waals surface area contributed by atoms with Crippen LogP contribution in [0.1, 0.15) is 37.6 Å². The van der Waals surface area contributed by atoms with E-state index < -0.39 is 0 Å². The molecule has 0 aliphatic heterocycles. The number of amides is 2. The molecule has 7 heteroatoms. The number of benzene rings is 1. The molecule has 120 valence electrons. The predicted octanol–water partition coefficient (Wildman–Crippen LogP) is 1.77. The Morgan fingerprint density at radius 2 is 1.82 bits per heavy atom. The Kier molecular flexibility index (Phi) is 7.31. The van der Waals surface area contributed by atoms with E-state index in [4.69, 9.17) is 17.0 Å². The second-order valence-corrected chi connectivity index (χ2v) is 5.45. The van der Waals surface area contributed by atoms with Crippen molar-refractivity contribution >= 4 is 29.1 Å². The molecule has 2 amide bonds. The lowest BCUT2D eigenvalue weighted by atomic mass is 10.2. The largest absolute Gasteiger partial charge is 0.493 e. The van der Waals surface area contributed by atoms with Gasteiger partial charge >= 0.3 is 0 Å². The molecule has 1 rings (SSSR count). The van der Waals surface area contributed by atoms with Gasteiger partial charge in [0.1, 0.15) is 5.75 Å². The topological polar surface area (TPSA) is 79.5 Å². The van der Waals surface area contributed by atoms with Crippen molar-refractivity contribution in [3.8, 4) is 5.75 Å². The van der Waals surface area contributed by atoms with Gasteiger partial charge in [0.05, 0.1) is 6.61 Å². The minimum atomic E-state index is -0.358. The van der Waals surface area contributed by atoms with E-state index in [0.29, 0.717) is 30.3 Å². The highest BCUT2D eigenvalue weighted by molar-refractivity contribution is 7.80. The van der Waals surface area contributed by atoms with Gasteiger partial charge in [-0.1, -0.05) is 20.8 Å². The van der Waals surface area contributed by atoms with Crippen LogP contribution in [-0.2, 0) is 4.79 Å². The van der Waals surface area contributed by atoms with Crippen molar-refractivity contribution < 1.29 is 14.3 Å². The average molecular weight is 323 g/mol. The minimum absolute atomic E-state index is 0.0529. The third-order valence-electron chi connectivity index (χ3n) is 2.56. The molecule has 0 radical (unpaired) electrons. The summed E-state index contributed by atoms with van der Waals surface area (Å²) in [4.78, 5) is 23.0. The minimum Gasteiger partial charge on any atom is -0.493 e. The quantitative estimate of drug-likeness (QED) is 0.568. The molecular formula is C15H21N3O3S. The Labute approximate surface area is 135 Å². The van der Waals surface area contributed by atoms with Crippen LogP contribution in [0.2, 0.25) is 0 Å². The van der Waals surface area contributed by atoms with Gasteiger partial charge in [0.2, 0.25) is 5.91 Å². The molecule has 1 aromatic carbocycles. The highest BCUT2D eigenvalue weighted by Gasteiger charge is 2.07. The molecular weight excluding hydrogens is 302 g/mol. The number of thiocarbonyl (C=S) groups is 1. The predicted molar refractivity (Wildman–Crippen MR) is 88.4 cm³/mol. The lowest BCUT2D eigenvalue weighted by molar-refractivity contribution is -0.119. The van der Waals surface area contributed by atoms with Crippen molar-refractivity contribution in [3.63, 3.8) is 0 Å². The average Bonchev–Trinajstić information content (AvgIpc) is 2.50. The number of ether oxygens (including phenoxy) is 1. The second kappa shape index (κ2) is 8.99. The van der Waals surface area contributed by atoms with Crippen LogP contribution < -0.4 is 20.9 Å². The number of hydrazine groups is 1. The van der Waals surface area contributed by atoms with Crippen LogP contribution in [0.15, 0.2) is 24.3 Å². The van der Waals surface area contributed by atoms with E-state index in [1.807, 2.05) is 0 Å². The van der Waals surface area contributed by atoms with Crippen molar-refractivity contribution in [1.82, 2.24) is 16.2 Å². The lowest BCUT2D eigenvalue weighted by Gasteiger charge is -2.11. The van der Waals surface area contributed by atoms with Gasteiger partial charge in [0.15, 0.2) is 5.11 Å². The zero-order valence-electron chi connectivity index (χ0n) is 12.9. The van der Waals surface area contributed by atoms with Gasteiger partial charge in [-0.3, -0.25) is 20.4 Å². The fraction of sp³-hybridized carbons (Fsp3) is 0.400. The number of hydrogen-bond acceptors (Lipinski definition) is 4. The highest BCUT2D eigenvalue weighted by Crippen LogP contribution is 2.13. The van der Waals surface area contributed by atoms with E-state index in [0.717, 1.165) is 0 Å². The Hall–Kier alpha value is -2.15. The first-order chi connectivity index (χ1) is 10.4. The van der Waals surface area contributed by atoms with E-state index in [1.165, 1.54) is 0 Å². The summed E-state index contributed by atoms with van der Waals surface area (Å²) < 4.78 is 5.54. The van der Waals surface area contributed by atoms with Gasteiger partial charge < -0.3 is 10.1 Å². The molecule has 3 N–H and O–H groups in total. The summed E-state index contributed by atoms with van der Waals surface area (Å²) in [5.74, 6) is 0.567. The zero-order chi connectivity index (χ0) is 16.5. The fourth-order valence-electron chi connectivity index (χ4n) is 1.40. The maximum atomic E-state index is 11.9. The van der Waals surface area contributed by atoms with Gasteiger partial charge in [0.25, 0.3) is 5.91 Å². The van der Waals surface area contributed by atoms with Gasteiger partial charge in [-0.25, -0.2) is 0 Å². The van der Waals surface area contributed by atoms with Crippen LogP contribution in [0, 0.1) is 5.92 Å². The Balaban J connectivity index is 2.45. The van der Waals surface area contributed by atoms with Crippen LogP contribution in [0.4, 0.5) is 0 Å². The Morgan fingerprint density at radius 3 is 2.36 bits per heavy atom. The van der Waals surface area contributed by atoms with Crippen LogP contribution in [0.3, 0.4) is 0 Å². The number of carbonyl (C=O) groups is 2. The van der Waals surface area contributed by atoms with Gasteiger partial charge in [-0.15, -0.1) is 0 Å². The highest BCUT2D eigenvalue weighted by atomic mass is 32.1. The summed E-state index contributed by atoms with van der Waals surface area (Å²) >= 11 is 4.87. The van der Waals surface area contributed by atoms with E-state index >= 15 is 0 Å². The summed E-state index contributed by atoms with van der Waals surface area (Å²) in [7, 11) is 0. The Morgan fingerprint density at radius 1 is 1.18 bits per heavy atom. The van der Waals surface area contributed by atoms with E-state index in [-0.39, 0.29) is 16.9 Å². The molecule has 0 unspecified atom stereocenters. The summed E-state index contributed by atoms with van der Waals surface area (Å²) in [6, 6.07) is 6.77. The standard InChI is InChI=1S/C15H21N3O3S/c1-4-13(19)16-15(22)18-17-14(20)11-5-7-12(8-6-11)21-9-10(2)3/h5-8,10H,4,9H2,1-3H3,(H,17,20)(H2,16,18,19,22). The summed E-state index contributed by atoms with van der Waals surface area (Å²) in [6.45, 7) is 6.46. The molecule has 0 spiro atoms. The summed E-state index contributed by atoms with van der Waals surface area (Å²) in [5.41, 5.74) is 5.33. The maximum Gasteiger partial charge on any atom is 0.269 e. The first kappa shape index (κ1) is 17.9. The molecule has 0 saturated heterocycles. The van der Waals surface area contributed by atoms with E-state index in [1.54, 1.807) is 31.2 Å². The van der Waals surface area contributed by atoms with Crippen molar-refractivity contribution in [1.29, 1.82) is 0 Å². The van der Waals surface area contributed by atoms with Crippen LogP contribution >= 0.6 is 12.2 Å². The van der Waals surface area contributed by atoms with Crippen molar-refractivity contribution in [3.05, 3.63) is 29.8 Å². The smallest absolute Gasteiger partial charge is 0.269 e. The monoisotopic (exact) mass is 323 g/mol. The molecule has 1 aromatic rings. The zero-order valence-corrected chi connectivity index (χ0v) is 13.8. The van der Waals surface area contributed by atoms with Gasteiger partial charge in [-0.05, 0) is 42.4 Å². The molecule has 0 aromatic heterocycles. The third kappa shape index (κ3) is 6.53. The van der Waals surface area contributed by atoms with Crippen LogP contribution in [-0.4, -0.2) is 23.5 Å². The molecule has 0 aliphatic carbocycles. The van der Waals surface area contributed by atoms with E-state index in [2.05, 4.69) is 30.0 Å². The number of rotatable bonds is 5. The molecule has 0 fully saturated rings. The lowest BCUT2D eigenvalue weighted by Crippen LogP contribution is -2.48. The molecule has 6 nitrogen and oxygen atoms in total. The molecule has 0 atom stereocenters. The summed E-state index contributed by atoms with van der Waals surface area (Å²) in [6.07, 6.45) is 0.313. The Bertz CT molecular complexity index is 529. The first-order valence-electron chi connectivity index (χ1n) is 7.05. The van der Waals surface area contributed by atoms with Crippen molar-refractivity contribution in [2.75, 3.05) is 6.61 Å². The number of nitrogens with one attached hydrogen (secondary N) is 3. The number of hydrogen-bond donors (Lipinski definition) is 3. The number of carbonyl (C=O) groups excluding carboxylic acids is 2. The van der Waals surface area contributed by atoms with Crippen LogP contribution in [0.25, 0.3) is 0 Å². The first-order valence-corrected chi connectivity index (χ1v) is 7.46. The van der Waals surface area contributed by atoms with Crippen molar-refractivity contribution in [2.24, 2.45) is 5.92 Å². The molecule has 22 heavy (non-hydrogen) atoms. The molecule has 0 heterocycles. The molecule has 0 aliphatic rings. The molecule has 0 saturated carbocycles. The third-order valence-corrected chi connectivity index (χ3v) is 2.77. The van der Waals surface area contributed by atoms with Crippen molar-refractivity contribution in [2.45, 2.75) is 27.2 Å². The van der Waals surface area contributed by atoms with Gasteiger partial charge in [0, 0.05) is 12.0 Å². The normalized spacial score (nSPS) is 10.0. The van der Waals surface area contributed by atoms with Gasteiger partial charge in [-0.2, -0.15) is 0 Å². The molecule has 0 bridgehead atoms. The maximum absolute atomic E-state index is 11.9. The fourth-order valence-corrected chi connectivity index (χ4v) is 1.56. The SMILES string of the molecule is CCC(=O)NC(=S)NNC(=O)c1ccc(OCC(C)C)cc1. The second-order valence-electron chi connectivity index (χ2n) is 5.04. The van der Waals surface area contributed by atoms with E-state index in [9.17, 15) is 9.59 Å².